The molecule has 2 N–H and O–H groups in total. The lowest BCUT2D eigenvalue weighted by Gasteiger charge is -2.09. The SMILES string of the molecule is O=C(Nc1ccc(F)cc1F)c1cncc(Nc2ccc(F)c(Cl)c2)c1. The van der Waals surface area contributed by atoms with E-state index in [1.165, 1.54) is 36.7 Å². The minimum absolute atomic E-state index is 0.0522. The number of carbonyl (C=O) groups excluding carboxylic acids is 1. The molecule has 0 atom stereocenters. The van der Waals surface area contributed by atoms with Crippen molar-refractivity contribution in [2.45, 2.75) is 0 Å². The fourth-order valence-corrected chi connectivity index (χ4v) is 2.34. The Hall–Kier alpha value is -3.06. The van der Waals surface area contributed by atoms with Crippen molar-refractivity contribution < 1.29 is 18.0 Å². The van der Waals surface area contributed by atoms with Crippen LogP contribution < -0.4 is 10.6 Å². The van der Waals surface area contributed by atoms with Gasteiger partial charge in [-0.1, -0.05) is 11.6 Å². The number of pyridine rings is 1. The quantitative estimate of drug-likeness (QED) is 0.661. The Labute approximate surface area is 151 Å². The van der Waals surface area contributed by atoms with Crippen LogP contribution >= 0.6 is 11.6 Å². The number of nitrogens with one attached hydrogen (secondary N) is 2. The van der Waals surface area contributed by atoms with Crippen LogP contribution in [0.5, 0.6) is 0 Å². The molecule has 0 saturated carbocycles. The Morgan fingerprint density at radius 3 is 2.46 bits per heavy atom. The van der Waals surface area contributed by atoms with E-state index >= 15 is 0 Å². The minimum atomic E-state index is -0.887. The van der Waals surface area contributed by atoms with Gasteiger partial charge in [0.1, 0.15) is 17.5 Å². The zero-order chi connectivity index (χ0) is 18.7. The van der Waals surface area contributed by atoms with Crippen LogP contribution in [0, 0.1) is 17.5 Å². The normalized spacial score (nSPS) is 10.5. The lowest BCUT2D eigenvalue weighted by molar-refractivity contribution is 0.102. The molecular formula is C18H11ClF3N3O. The first-order chi connectivity index (χ1) is 12.4. The molecular weight excluding hydrogens is 367 g/mol. The van der Waals surface area contributed by atoms with Crippen molar-refractivity contribution in [1.82, 2.24) is 4.98 Å². The summed E-state index contributed by atoms with van der Waals surface area (Å²) in [5, 5.41) is 5.22. The summed E-state index contributed by atoms with van der Waals surface area (Å²) in [6, 6.07) is 8.36. The predicted molar refractivity (Wildman–Crippen MR) is 93.2 cm³/mol. The summed E-state index contributed by atoms with van der Waals surface area (Å²) < 4.78 is 39.7. The molecule has 0 bridgehead atoms. The topological polar surface area (TPSA) is 54.0 Å². The van der Waals surface area contributed by atoms with Crippen LogP contribution in [0.3, 0.4) is 0 Å². The number of aromatic nitrogens is 1. The van der Waals surface area contributed by atoms with Gasteiger partial charge in [-0.05, 0) is 36.4 Å². The summed E-state index contributed by atoms with van der Waals surface area (Å²) in [5.41, 5.74) is 0.937. The largest absolute Gasteiger partial charge is 0.354 e. The molecule has 26 heavy (non-hydrogen) atoms. The van der Waals surface area contributed by atoms with Crippen molar-refractivity contribution in [2.24, 2.45) is 0 Å². The standard InChI is InChI=1S/C18H11ClF3N3O/c19-14-7-12(2-3-15(14)21)24-13-5-10(8-23-9-13)18(26)25-17-4-1-11(20)6-16(17)22/h1-9,24H,(H,25,26). The molecule has 0 unspecified atom stereocenters. The van der Waals surface area contributed by atoms with Gasteiger partial charge in [-0.2, -0.15) is 0 Å². The van der Waals surface area contributed by atoms with Crippen molar-refractivity contribution in [3.05, 3.63) is 82.9 Å². The van der Waals surface area contributed by atoms with E-state index in [1.54, 1.807) is 0 Å². The second-order valence-electron chi connectivity index (χ2n) is 5.29. The van der Waals surface area contributed by atoms with Crippen LogP contribution in [-0.2, 0) is 0 Å². The molecule has 4 nitrogen and oxygen atoms in total. The van der Waals surface area contributed by atoms with Gasteiger partial charge in [0.15, 0.2) is 0 Å². The smallest absolute Gasteiger partial charge is 0.257 e. The van der Waals surface area contributed by atoms with Gasteiger partial charge in [0, 0.05) is 18.0 Å². The Morgan fingerprint density at radius 1 is 0.923 bits per heavy atom. The van der Waals surface area contributed by atoms with E-state index in [-0.39, 0.29) is 16.3 Å². The van der Waals surface area contributed by atoms with E-state index in [4.69, 9.17) is 11.6 Å². The van der Waals surface area contributed by atoms with Gasteiger partial charge in [-0.25, -0.2) is 13.2 Å². The zero-order valence-corrected chi connectivity index (χ0v) is 13.8. The number of rotatable bonds is 4. The summed E-state index contributed by atoms with van der Waals surface area (Å²) >= 11 is 5.72. The molecule has 132 valence electrons. The van der Waals surface area contributed by atoms with E-state index in [2.05, 4.69) is 15.6 Å². The molecule has 3 aromatic rings. The van der Waals surface area contributed by atoms with Crippen LogP contribution in [-0.4, -0.2) is 10.9 Å². The first-order valence-electron chi connectivity index (χ1n) is 7.36. The van der Waals surface area contributed by atoms with Crippen LogP contribution in [0.25, 0.3) is 0 Å². The van der Waals surface area contributed by atoms with Gasteiger partial charge in [0.25, 0.3) is 5.91 Å². The van der Waals surface area contributed by atoms with Crippen LogP contribution in [0.2, 0.25) is 5.02 Å². The highest BCUT2D eigenvalue weighted by Gasteiger charge is 2.11. The highest BCUT2D eigenvalue weighted by Crippen LogP contribution is 2.23. The van der Waals surface area contributed by atoms with Crippen molar-refractivity contribution >= 4 is 34.6 Å². The van der Waals surface area contributed by atoms with Crippen molar-refractivity contribution in [3.63, 3.8) is 0 Å². The third-order valence-electron chi connectivity index (χ3n) is 3.39. The zero-order valence-electron chi connectivity index (χ0n) is 13.1. The molecule has 0 aliphatic heterocycles. The molecule has 8 heteroatoms. The van der Waals surface area contributed by atoms with E-state index in [9.17, 15) is 18.0 Å². The molecule has 0 aliphatic carbocycles. The molecule has 3 rings (SSSR count). The fraction of sp³-hybridized carbons (Fsp3) is 0. The maximum Gasteiger partial charge on any atom is 0.257 e. The molecule has 0 radical (unpaired) electrons. The fourth-order valence-electron chi connectivity index (χ4n) is 2.16. The third-order valence-corrected chi connectivity index (χ3v) is 3.68. The van der Waals surface area contributed by atoms with Crippen LogP contribution in [0.15, 0.2) is 54.9 Å². The number of carbonyl (C=O) groups is 1. The lowest BCUT2D eigenvalue weighted by Crippen LogP contribution is -2.13. The second-order valence-corrected chi connectivity index (χ2v) is 5.70. The molecule has 2 aromatic carbocycles. The summed E-state index contributed by atoms with van der Waals surface area (Å²) in [7, 11) is 0. The summed E-state index contributed by atoms with van der Waals surface area (Å²) in [6.07, 6.45) is 2.74. The molecule has 0 spiro atoms. The Balaban J connectivity index is 1.77. The van der Waals surface area contributed by atoms with Crippen LogP contribution in [0.4, 0.5) is 30.2 Å². The number of hydrogen-bond donors (Lipinski definition) is 2. The van der Waals surface area contributed by atoms with Gasteiger partial charge in [-0.15, -0.1) is 0 Å². The second kappa shape index (κ2) is 7.45. The number of benzene rings is 2. The van der Waals surface area contributed by atoms with Crippen molar-refractivity contribution in [2.75, 3.05) is 10.6 Å². The Morgan fingerprint density at radius 2 is 1.73 bits per heavy atom. The maximum absolute atomic E-state index is 13.6. The molecule has 0 saturated heterocycles. The minimum Gasteiger partial charge on any atom is -0.354 e. The van der Waals surface area contributed by atoms with Crippen molar-refractivity contribution in [3.8, 4) is 0 Å². The first kappa shape index (κ1) is 17.8. The molecule has 1 aromatic heterocycles. The number of amides is 1. The van der Waals surface area contributed by atoms with Crippen molar-refractivity contribution in [1.29, 1.82) is 0 Å². The lowest BCUT2D eigenvalue weighted by atomic mass is 10.2. The summed E-state index contributed by atoms with van der Waals surface area (Å²) in [4.78, 5) is 16.2. The summed E-state index contributed by atoms with van der Waals surface area (Å²) in [5.74, 6) is -2.80. The first-order valence-corrected chi connectivity index (χ1v) is 7.74. The Kier molecular flexibility index (Phi) is 5.09. The van der Waals surface area contributed by atoms with E-state index < -0.39 is 23.4 Å². The number of hydrogen-bond acceptors (Lipinski definition) is 3. The number of halogens is 4. The average Bonchev–Trinajstić information content (AvgIpc) is 2.61. The maximum atomic E-state index is 13.6. The Bertz CT molecular complexity index is 982. The van der Waals surface area contributed by atoms with E-state index in [0.29, 0.717) is 17.4 Å². The van der Waals surface area contributed by atoms with Gasteiger partial charge in [0.2, 0.25) is 0 Å². The summed E-state index contributed by atoms with van der Waals surface area (Å²) in [6.45, 7) is 0. The predicted octanol–water partition coefficient (Wildman–Crippen LogP) is 5.15. The monoisotopic (exact) mass is 377 g/mol. The van der Waals surface area contributed by atoms with E-state index in [1.807, 2.05) is 0 Å². The molecule has 1 heterocycles. The highest BCUT2D eigenvalue weighted by molar-refractivity contribution is 6.31. The average molecular weight is 378 g/mol. The van der Waals surface area contributed by atoms with Gasteiger partial charge >= 0.3 is 0 Å². The number of anilines is 3. The van der Waals surface area contributed by atoms with E-state index in [0.717, 1.165) is 12.1 Å². The molecule has 0 fully saturated rings. The van der Waals surface area contributed by atoms with Crippen LogP contribution in [0.1, 0.15) is 10.4 Å². The molecule has 0 aliphatic rings. The highest BCUT2D eigenvalue weighted by atomic mass is 35.5. The molecule has 1 amide bonds. The van der Waals surface area contributed by atoms with Gasteiger partial charge < -0.3 is 10.6 Å². The third kappa shape index (κ3) is 4.12. The number of nitrogens with zero attached hydrogens (tertiary/aromatic N) is 1. The van der Waals surface area contributed by atoms with Gasteiger partial charge in [0.05, 0.1) is 28.2 Å². The van der Waals surface area contributed by atoms with Gasteiger partial charge in [-0.3, -0.25) is 9.78 Å².